The Labute approximate surface area is 64.0 Å². The van der Waals surface area contributed by atoms with Gasteiger partial charge in [0.05, 0.1) is 0 Å². The molecule has 1 N–H and O–H groups in total. The predicted octanol–water partition coefficient (Wildman–Crippen LogP) is -0.721. The van der Waals surface area contributed by atoms with Gasteiger partial charge in [0.25, 0.3) is 0 Å². The molecule has 0 aromatic rings. The average Bonchev–Trinajstić information content (AvgIpc) is 1.80. The summed E-state index contributed by atoms with van der Waals surface area (Å²) < 4.78 is 0. The van der Waals surface area contributed by atoms with Gasteiger partial charge in [-0.2, -0.15) is 0 Å². The van der Waals surface area contributed by atoms with Crippen LogP contribution in [0.5, 0.6) is 0 Å². The van der Waals surface area contributed by atoms with Crippen LogP contribution in [0.25, 0.3) is 0 Å². The van der Waals surface area contributed by atoms with Crippen LogP contribution in [0.15, 0.2) is 0 Å². The van der Waals surface area contributed by atoms with Crippen LogP contribution in [-0.2, 0) is 14.4 Å². The molecule has 1 aliphatic rings. The summed E-state index contributed by atoms with van der Waals surface area (Å²) in [5.74, 6) is -1.47. The molecule has 1 amide bonds. The van der Waals surface area contributed by atoms with Crippen LogP contribution in [0, 0.1) is 5.92 Å². The maximum atomic E-state index is 10.7. The van der Waals surface area contributed by atoms with Crippen molar-refractivity contribution in [2.75, 3.05) is 0 Å². The molecule has 0 spiro atoms. The van der Waals surface area contributed by atoms with Crippen LogP contribution in [0.2, 0.25) is 0 Å². The average molecular weight is 155 g/mol. The first-order valence-electron chi connectivity index (χ1n) is 3.35. The lowest BCUT2D eigenvalue weighted by atomic mass is 9.85. The van der Waals surface area contributed by atoms with Crippen LogP contribution >= 0.6 is 0 Å². The van der Waals surface area contributed by atoms with Crippen molar-refractivity contribution in [3.63, 3.8) is 0 Å². The number of carbonyl (C=O) groups excluding carboxylic acids is 3. The number of ketones is 2. The fraction of sp³-hybridized carbons (Fsp3) is 0.571. The van der Waals surface area contributed by atoms with Crippen LogP contribution < -0.4 is 5.32 Å². The second kappa shape index (κ2) is 2.45. The van der Waals surface area contributed by atoms with Crippen LogP contribution in [0.1, 0.15) is 13.8 Å². The number of amides is 1. The van der Waals surface area contributed by atoms with Crippen LogP contribution in [0.3, 0.4) is 0 Å². The monoisotopic (exact) mass is 155 g/mol. The molecule has 1 fully saturated rings. The minimum absolute atomic E-state index is 0.162. The summed E-state index contributed by atoms with van der Waals surface area (Å²) in [5.41, 5.74) is 0. The summed E-state index contributed by atoms with van der Waals surface area (Å²) in [5, 5.41) is 2.36. The SMILES string of the molecule is CC(=O)C1NC(=O)C1C(C)=O. The molecule has 1 rings (SSSR count). The Hall–Kier alpha value is -1.19. The van der Waals surface area contributed by atoms with Crippen molar-refractivity contribution >= 4 is 17.5 Å². The van der Waals surface area contributed by atoms with E-state index in [0.717, 1.165) is 0 Å². The Kier molecular flexibility index (Phi) is 1.76. The van der Waals surface area contributed by atoms with Crippen molar-refractivity contribution in [3.05, 3.63) is 0 Å². The Balaban J connectivity index is 2.69. The predicted molar refractivity (Wildman–Crippen MR) is 36.8 cm³/mol. The van der Waals surface area contributed by atoms with Crippen molar-refractivity contribution in [2.24, 2.45) is 5.92 Å². The number of nitrogens with one attached hydrogen (secondary N) is 1. The third kappa shape index (κ3) is 1.15. The zero-order valence-corrected chi connectivity index (χ0v) is 6.38. The molecule has 4 nitrogen and oxygen atoms in total. The molecule has 11 heavy (non-hydrogen) atoms. The third-order valence-electron chi connectivity index (χ3n) is 1.79. The molecule has 4 heteroatoms. The van der Waals surface area contributed by atoms with Gasteiger partial charge in [-0.3, -0.25) is 14.4 Å². The zero-order valence-electron chi connectivity index (χ0n) is 6.38. The normalized spacial score (nSPS) is 28.7. The van der Waals surface area contributed by atoms with Gasteiger partial charge in [-0.25, -0.2) is 0 Å². The van der Waals surface area contributed by atoms with Gasteiger partial charge in [0.1, 0.15) is 17.7 Å². The lowest BCUT2D eigenvalue weighted by molar-refractivity contribution is -0.147. The summed E-state index contributed by atoms with van der Waals surface area (Å²) in [4.78, 5) is 32.2. The van der Waals surface area contributed by atoms with Crippen LogP contribution in [-0.4, -0.2) is 23.5 Å². The smallest absolute Gasteiger partial charge is 0.233 e. The first-order valence-corrected chi connectivity index (χ1v) is 3.35. The van der Waals surface area contributed by atoms with Crippen molar-refractivity contribution in [2.45, 2.75) is 19.9 Å². The van der Waals surface area contributed by atoms with Gasteiger partial charge in [0.2, 0.25) is 5.91 Å². The van der Waals surface area contributed by atoms with Crippen molar-refractivity contribution in [3.8, 4) is 0 Å². The molecular formula is C7H9NO3. The van der Waals surface area contributed by atoms with E-state index in [4.69, 9.17) is 0 Å². The Morgan fingerprint density at radius 1 is 1.27 bits per heavy atom. The lowest BCUT2D eigenvalue weighted by Gasteiger charge is -2.32. The Morgan fingerprint density at radius 3 is 2.00 bits per heavy atom. The summed E-state index contributed by atoms with van der Waals surface area (Å²) in [6.07, 6.45) is 0. The Bertz CT molecular complexity index is 226. The van der Waals surface area contributed by atoms with E-state index in [9.17, 15) is 14.4 Å². The molecule has 60 valence electrons. The highest BCUT2D eigenvalue weighted by Crippen LogP contribution is 2.16. The molecule has 0 saturated carbocycles. The summed E-state index contributed by atoms with van der Waals surface area (Å²) in [6.45, 7) is 2.68. The zero-order chi connectivity index (χ0) is 8.59. The van der Waals surface area contributed by atoms with E-state index in [-0.39, 0.29) is 17.5 Å². The summed E-state index contributed by atoms with van der Waals surface area (Å²) >= 11 is 0. The quantitative estimate of drug-likeness (QED) is 0.422. The molecule has 0 aromatic heterocycles. The molecule has 0 radical (unpaired) electrons. The molecule has 2 unspecified atom stereocenters. The minimum atomic E-state index is -0.729. The number of Topliss-reactive ketones (excluding diaryl/α,β-unsaturated/α-hetero) is 2. The van der Waals surface area contributed by atoms with E-state index >= 15 is 0 Å². The first kappa shape index (κ1) is 7.91. The van der Waals surface area contributed by atoms with Gasteiger partial charge < -0.3 is 5.32 Å². The van der Waals surface area contributed by atoms with Gasteiger partial charge in [-0.1, -0.05) is 0 Å². The van der Waals surface area contributed by atoms with E-state index < -0.39 is 12.0 Å². The Morgan fingerprint density at radius 2 is 1.82 bits per heavy atom. The molecule has 1 aliphatic heterocycles. The second-order valence-corrected chi connectivity index (χ2v) is 2.69. The van der Waals surface area contributed by atoms with E-state index in [1.165, 1.54) is 13.8 Å². The fourth-order valence-electron chi connectivity index (χ4n) is 1.14. The standard InChI is InChI=1S/C7H9NO3/c1-3(9)5-6(4(2)10)8-7(5)11/h5-6H,1-2H3,(H,8,11). The minimum Gasteiger partial charge on any atom is -0.344 e. The van der Waals surface area contributed by atoms with Gasteiger partial charge >= 0.3 is 0 Å². The number of hydrogen-bond donors (Lipinski definition) is 1. The fourth-order valence-corrected chi connectivity index (χ4v) is 1.14. The number of rotatable bonds is 2. The summed E-state index contributed by atoms with van der Waals surface area (Å²) in [6, 6.07) is -0.569. The van der Waals surface area contributed by atoms with Gasteiger partial charge in [-0.15, -0.1) is 0 Å². The van der Waals surface area contributed by atoms with Crippen molar-refractivity contribution < 1.29 is 14.4 Å². The third-order valence-corrected chi connectivity index (χ3v) is 1.79. The second-order valence-electron chi connectivity index (χ2n) is 2.69. The highest BCUT2D eigenvalue weighted by Gasteiger charge is 2.45. The molecule has 1 saturated heterocycles. The maximum absolute atomic E-state index is 10.7. The summed E-state index contributed by atoms with van der Waals surface area (Å²) in [7, 11) is 0. The largest absolute Gasteiger partial charge is 0.344 e. The molecule has 1 heterocycles. The molecular weight excluding hydrogens is 146 g/mol. The number of hydrogen-bond acceptors (Lipinski definition) is 3. The topological polar surface area (TPSA) is 63.2 Å². The van der Waals surface area contributed by atoms with Crippen molar-refractivity contribution in [1.29, 1.82) is 0 Å². The van der Waals surface area contributed by atoms with Crippen LogP contribution in [0.4, 0.5) is 0 Å². The van der Waals surface area contributed by atoms with E-state index in [0.29, 0.717) is 0 Å². The van der Waals surface area contributed by atoms with Gasteiger partial charge in [0, 0.05) is 0 Å². The molecule has 0 aliphatic carbocycles. The first-order chi connectivity index (χ1) is 5.04. The highest BCUT2D eigenvalue weighted by atomic mass is 16.2. The van der Waals surface area contributed by atoms with E-state index in [1.807, 2.05) is 0 Å². The number of carbonyl (C=O) groups is 3. The maximum Gasteiger partial charge on any atom is 0.233 e. The van der Waals surface area contributed by atoms with E-state index in [2.05, 4.69) is 5.32 Å². The van der Waals surface area contributed by atoms with Gasteiger partial charge in [-0.05, 0) is 13.8 Å². The molecule has 0 aromatic carbocycles. The number of β-lactam (4-membered cyclic amide) rings is 1. The lowest BCUT2D eigenvalue weighted by Crippen LogP contribution is -2.63. The molecule has 2 atom stereocenters. The van der Waals surface area contributed by atoms with E-state index in [1.54, 1.807) is 0 Å². The van der Waals surface area contributed by atoms with Crippen molar-refractivity contribution in [1.82, 2.24) is 5.32 Å². The van der Waals surface area contributed by atoms with Gasteiger partial charge in [0.15, 0.2) is 5.78 Å². The highest BCUT2D eigenvalue weighted by molar-refractivity contribution is 6.12. The molecule has 0 bridgehead atoms.